The van der Waals surface area contributed by atoms with Gasteiger partial charge < -0.3 is 4.74 Å². The first-order valence-corrected chi connectivity index (χ1v) is 6.86. The van der Waals surface area contributed by atoms with Gasteiger partial charge in [-0.05, 0) is 43.7 Å². The number of carbonyl (C=O) groups is 1. The second-order valence-corrected chi connectivity index (χ2v) is 5.16. The summed E-state index contributed by atoms with van der Waals surface area (Å²) >= 11 is 0. The minimum atomic E-state index is -0.389. The van der Waals surface area contributed by atoms with Crippen LogP contribution in [-0.2, 0) is 4.79 Å². The highest BCUT2D eigenvalue weighted by molar-refractivity contribution is 5.87. The first kappa shape index (κ1) is 14.5. The largest absolute Gasteiger partial charge is 0.484 e. The van der Waals surface area contributed by atoms with Gasteiger partial charge in [-0.15, -0.1) is 0 Å². The third kappa shape index (κ3) is 4.64. The normalized spacial score (nSPS) is 20.7. The van der Waals surface area contributed by atoms with E-state index in [1.807, 2.05) is 0 Å². The number of hydrogen-bond acceptors (Lipinski definition) is 3. The summed E-state index contributed by atoms with van der Waals surface area (Å²) in [5, 5.41) is 4.13. The molecule has 0 aliphatic heterocycles. The molecule has 1 saturated carbocycles. The van der Waals surface area contributed by atoms with Crippen molar-refractivity contribution in [2.45, 2.75) is 32.6 Å². The predicted octanol–water partition coefficient (Wildman–Crippen LogP) is 2.89. The van der Waals surface area contributed by atoms with Gasteiger partial charge in [0.1, 0.15) is 11.6 Å². The predicted molar refractivity (Wildman–Crippen MR) is 75.1 cm³/mol. The van der Waals surface area contributed by atoms with Crippen LogP contribution in [0.3, 0.4) is 0 Å². The van der Waals surface area contributed by atoms with Gasteiger partial charge >= 0.3 is 0 Å². The number of benzene rings is 1. The molecule has 0 radical (unpaired) electrons. The summed E-state index contributed by atoms with van der Waals surface area (Å²) < 4.78 is 18.1. The summed E-state index contributed by atoms with van der Waals surface area (Å²) in [4.78, 5) is 11.6. The summed E-state index contributed by atoms with van der Waals surface area (Å²) in [6.45, 7) is 2.01. The molecule has 2 rings (SSSR count). The molecule has 0 spiro atoms. The van der Waals surface area contributed by atoms with Crippen molar-refractivity contribution in [1.82, 2.24) is 5.43 Å². The smallest absolute Gasteiger partial charge is 0.277 e. The molecule has 1 N–H and O–H groups in total. The van der Waals surface area contributed by atoms with Crippen LogP contribution in [0.2, 0.25) is 0 Å². The molecule has 0 unspecified atom stereocenters. The summed E-state index contributed by atoms with van der Waals surface area (Å²) in [6.07, 6.45) is 4.21. The van der Waals surface area contributed by atoms with Crippen molar-refractivity contribution in [3.8, 4) is 5.75 Å². The fourth-order valence-electron chi connectivity index (χ4n) is 2.24. The molecule has 0 bridgehead atoms. The van der Waals surface area contributed by atoms with Crippen LogP contribution in [0.15, 0.2) is 29.4 Å². The van der Waals surface area contributed by atoms with Crippen LogP contribution in [-0.4, -0.2) is 18.2 Å². The van der Waals surface area contributed by atoms with Gasteiger partial charge in [0.15, 0.2) is 6.61 Å². The van der Waals surface area contributed by atoms with E-state index in [9.17, 15) is 9.18 Å². The Balaban J connectivity index is 1.76. The van der Waals surface area contributed by atoms with Gasteiger partial charge in [0.25, 0.3) is 5.91 Å². The molecule has 1 fully saturated rings. The van der Waals surface area contributed by atoms with Crippen molar-refractivity contribution in [2.75, 3.05) is 6.61 Å². The average molecular weight is 278 g/mol. The Morgan fingerprint density at radius 1 is 1.55 bits per heavy atom. The van der Waals surface area contributed by atoms with E-state index in [0.717, 1.165) is 25.0 Å². The second-order valence-electron chi connectivity index (χ2n) is 5.16. The van der Waals surface area contributed by atoms with E-state index < -0.39 is 0 Å². The van der Waals surface area contributed by atoms with Crippen molar-refractivity contribution in [3.63, 3.8) is 0 Å². The van der Waals surface area contributed by atoms with E-state index in [2.05, 4.69) is 17.5 Å². The first-order valence-electron chi connectivity index (χ1n) is 6.86. The zero-order valence-electron chi connectivity index (χ0n) is 11.6. The molecular formula is C15H19FN2O2. The molecule has 1 aromatic carbocycles. The molecule has 0 heterocycles. The Morgan fingerprint density at radius 2 is 2.40 bits per heavy atom. The fraction of sp³-hybridized carbons (Fsp3) is 0.467. The molecule has 1 amide bonds. The van der Waals surface area contributed by atoms with E-state index in [1.165, 1.54) is 24.6 Å². The summed E-state index contributed by atoms with van der Waals surface area (Å²) in [7, 11) is 0. The van der Waals surface area contributed by atoms with Crippen LogP contribution in [0.5, 0.6) is 5.75 Å². The first-order chi connectivity index (χ1) is 9.63. The van der Waals surface area contributed by atoms with Crippen LogP contribution >= 0.6 is 0 Å². The topological polar surface area (TPSA) is 50.7 Å². The SMILES string of the molecule is C[C@H]1CCC/C(=N/NC(=O)COc2cccc(F)c2)C1. The number of hydrazone groups is 1. The number of nitrogens with zero attached hydrogens (tertiary/aromatic N) is 1. The maximum absolute atomic E-state index is 12.9. The molecule has 0 saturated heterocycles. The summed E-state index contributed by atoms with van der Waals surface area (Å²) in [5.41, 5.74) is 3.52. The van der Waals surface area contributed by atoms with Crippen molar-refractivity contribution < 1.29 is 13.9 Å². The van der Waals surface area contributed by atoms with Crippen LogP contribution in [0.4, 0.5) is 4.39 Å². The standard InChI is InChI=1S/C15H19FN2O2/c1-11-4-2-6-13(8-11)17-18-15(19)10-20-14-7-3-5-12(16)9-14/h3,5,7,9,11H,2,4,6,8,10H2,1H3,(H,18,19)/b17-13-/t11-/m0/s1. The molecule has 1 aliphatic carbocycles. The van der Waals surface area contributed by atoms with Crippen molar-refractivity contribution in [1.29, 1.82) is 0 Å². The van der Waals surface area contributed by atoms with Crippen molar-refractivity contribution in [2.24, 2.45) is 11.0 Å². The Kier molecular flexibility index (Phi) is 5.09. The maximum Gasteiger partial charge on any atom is 0.277 e. The summed E-state index contributed by atoms with van der Waals surface area (Å²) in [5.74, 6) is 0.237. The zero-order chi connectivity index (χ0) is 14.4. The van der Waals surface area contributed by atoms with Gasteiger partial charge in [0.05, 0.1) is 0 Å². The van der Waals surface area contributed by atoms with E-state index in [0.29, 0.717) is 11.7 Å². The molecule has 0 aromatic heterocycles. The average Bonchev–Trinajstić information content (AvgIpc) is 2.43. The van der Waals surface area contributed by atoms with Crippen LogP contribution in [0.1, 0.15) is 32.6 Å². The number of amides is 1. The fourth-order valence-corrected chi connectivity index (χ4v) is 2.24. The third-order valence-corrected chi connectivity index (χ3v) is 3.25. The molecule has 1 aliphatic rings. The monoisotopic (exact) mass is 278 g/mol. The Morgan fingerprint density at radius 3 is 3.15 bits per heavy atom. The molecule has 108 valence electrons. The van der Waals surface area contributed by atoms with Crippen LogP contribution < -0.4 is 10.2 Å². The van der Waals surface area contributed by atoms with Crippen LogP contribution in [0, 0.1) is 11.7 Å². The minimum absolute atomic E-state index is 0.171. The maximum atomic E-state index is 12.9. The van der Waals surface area contributed by atoms with E-state index >= 15 is 0 Å². The van der Waals surface area contributed by atoms with E-state index in [1.54, 1.807) is 6.07 Å². The van der Waals surface area contributed by atoms with E-state index in [-0.39, 0.29) is 18.3 Å². The molecule has 5 heteroatoms. The van der Waals surface area contributed by atoms with Gasteiger partial charge in [-0.25, -0.2) is 9.82 Å². The lowest BCUT2D eigenvalue weighted by Gasteiger charge is -2.18. The Labute approximate surface area is 118 Å². The highest BCUT2D eigenvalue weighted by Crippen LogP contribution is 2.20. The van der Waals surface area contributed by atoms with E-state index in [4.69, 9.17) is 4.74 Å². The third-order valence-electron chi connectivity index (χ3n) is 3.25. The number of halogens is 1. The lowest BCUT2D eigenvalue weighted by atomic mass is 9.89. The quantitative estimate of drug-likeness (QED) is 0.861. The van der Waals surface area contributed by atoms with Gasteiger partial charge in [-0.2, -0.15) is 5.10 Å². The Bertz CT molecular complexity index is 502. The lowest BCUT2D eigenvalue weighted by Crippen LogP contribution is -2.27. The second kappa shape index (κ2) is 7.03. The number of ether oxygens (including phenoxy) is 1. The number of nitrogens with one attached hydrogen (secondary N) is 1. The molecular weight excluding hydrogens is 259 g/mol. The Hall–Kier alpha value is -1.91. The van der Waals surface area contributed by atoms with Gasteiger partial charge in [0, 0.05) is 11.8 Å². The van der Waals surface area contributed by atoms with Crippen molar-refractivity contribution >= 4 is 11.6 Å². The van der Waals surface area contributed by atoms with Crippen molar-refractivity contribution in [3.05, 3.63) is 30.1 Å². The van der Waals surface area contributed by atoms with Gasteiger partial charge in [-0.3, -0.25) is 4.79 Å². The number of hydrogen-bond donors (Lipinski definition) is 1. The molecule has 4 nitrogen and oxygen atoms in total. The highest BCUT2D eigenvalue weighted by atomic mass is 19.1. The highest BCUT2D eigenvalue weighted by Gasteiger charge is 2.14. The minimum Gasteiger partial charge on any atom is -0.484 e. The molecule has 1 aromatic rings. The molecule has 20 heavy (non-hydrogen) atoms. The van der Waals surface area contributed by atoms with Gasteiger partial charge in [0.2, 0.25) is 0 Å². The number of rotatable bonds is 4. The molecule has 1 atom stereocenters. The zero-order valence-corrected chi connectivity index (χ0v) is 11.6. The van der Waals surface area contributed by atoms with Gasteiger partial charge in [-0.1, -0.05) is 13.0 Å². The number of carbonyl (C=O) groups excluding carboxylic acids is 1. The lowest BCUT2D eigenvalue weighted by molar-refractivity contribution is -0.123. The van der Waals surface area contributed by atoms with Crippen LogP contribution in [0.25, 0.3) is 0 Å². The summed E-state index contributed by atoms with van der Waals surface area (Å²) in [6, 6.07) is 5.70.